The van der Waals surface area contributed by atoms with Crippen LogP contribution in [0.5, 0.6) is 0 Å². The summed E-state index contributed by atoms with van der Waals surface area (Å²) in [6.07, 6.45) is -0.142. The number of H-pyrrole nitrogens is 1. The molecule has 1 heterocycles. The molecule has 2 N–H and O–H groups in total. The molecular formula is C11H19N3O3. The number of nitrogens with zero attached hydrogens (tertiary/aromatic N) is 1. The monoisotopic (exact) mass is 241 g/mol. The molecule has 0 aliphatic rings. The van der Waals surface area contributed by atoms with Crippen LogP contribution in [-0.4, -0.2) is 49.6 Å². The van der Waals surface area contributed by atoms with Crippen LogP contribution < -0.4 is 5.32 Å². The summed E-state index contributed by atoms with van der Waals surface area (Å²) >= 11 is 0. The van der Waals surface area contributed by atoms with Crippen molar-refractivity contribution in [2.24, 2.45) is 0 Å². The largest absolute Gasteiger partial charge is 0.382 e. The smallest absolute Gasteiger partial charge is 0.255 e. The first-order chi connectivity index (χ1) is 8.10. The van der Waals surface area contributed by atoms with Gasteiger partial charge in [0.1, 0.15) is 0 Å². The molecule has 0 bridgehead atoms. The van der Waals surface area contributed by atoms with E-state index in [0.29, 0.717) is 24.4 Å². The summed E-state index contributed by atoms with van der Waals surface area (Å²) in [5.41, 5.74) is 2.05. The lowest BCUT2D eigenvalue weighted by Gasteiger charge is -2.14. The third kappa shape index (κ3) is 3.54. The van der Waals surface area contributed by atoms with Crippen LogP contribution in [-0.2, 0) is 9.47 Å². The highest BCUT2D eigenvalue weighted by atomic mass is 16.5. The molecule has 0 spiro atoms. The normalized spacial score (nSPS) is 12.5. The van der Waals surface area contributed by atoms with Gasteiger partial charge >= 0.3 is 0 Å². The van der Waals surface area contributed by atoms with E-state index in [-0.39, 0.29) is 12.0 Å². The Bertz CT molecular complexity index is 357. The number of carbonyl (C=O) groups excluding carboxylic acids is 1. The lowest BCUT2D eigenvalue weighted by atomic mass is 10.2. The number of aromatic amines is 1. The standard InChI is InChI=1S/C11H19N3O3/c1-7-10(8(2)14-13-7)11(15)12-5-9(17-4)6-16-3/h9H,5-6H2,1-4H3,(H,12,15)(H,13,14). The minimum atomic E-state index is -0.146. The number of amides is 1. The molecule has 1 aromatic rings. The highest BCUT2D eigenvalue weighted by molar-refractivity contribution is 5.96. The molecule has 17 heavy (non-hydrogen) atoms. The van der Waals surface area contributed by atoms with Crippen LogP contribution in [0.1, 0.15) is 21.7 Å². The molecule has 6 nitrogen and oxygen atoms in total. The minimum Gasteiger partial charge on any atom is -0.382 e. The van der Waals surface area contributed by atoms with Gasteiger partial charge in [0.05, 0.1) is 24.0 Å². The van der Waals surface area contributed by atoms with Crippen LogP contribution in [0.15, 0.2) is 0 Å². The van der Waals surface area contributed by atoms with Crippen molar-refractivity contribution in [1.29, 1.82) is 0 Å². The van der Waals surface area contributed by atoms with E-state index >= 15 is 0 Å². The maximum Gasteiger partial charge on any atom is 0.255 e. The van der Waals surface area contributed by atoms with Crippen molar-refractivity contribution in [3.8, 4) is 0 Å². The number of aryl methyl sites for hydroxylation is 2. The lowest BCUT2D eigenvalue weighted by molar-refractivity contribution is 0.0285. The quantitative estimate of drug-likeness (QED) is 0.756. The summed E-state index contributed by atoms with van der Waals surface area (Å²) in [6.45, 7) is 4.46. The number of ether oxygens (including phenoxy) is 2. The Morgan fingerprint density at radius 3 is 2.65 bits per heavy atom. The van der Waals surface area contributed by atoms with E-state index in [0.717, 1.165) is 5.69 Å². The molecule has 0 saturated heterocycles. The van der Waals surface area contributed by atoms with Gasteiger partial charge in [-0.25, -0.2) is 0 Å². The fourth-order valence-corrected chi connectivity index (χ4v) is 1.58. The number of aromatic nitrogens is 2. The zero-order valence-corrected chi connectivity index (χ0v) is 10.7. The maximum atomic E-state index is 11.9. The van der Waals surface area contributed by atoms with Crippen molar-refractivity contribution in [1.82, 2.24) is 15.5 Å². The highest BCUT2D eigenvalue weighted by Crippen LogP contribution is 2.08. The SMILES string of the molecule is COCC(CNC(=O)c1c(C)n[nH]c1C)OC. The third-order valence-corrected chi connectivity index (χ3v) is 2.53. The zero-order valence-electron chi connectivity index (χ0n) is 10.7. The van der Waals surface area contributed by atoms with Gasteiger partial charge in [-0.05, 0) is 13.8 Å². The highest BCUT2D eigenvalue weighted by Gasteiger charge is 2.16. The molecule has 1 amide bonds. The van der Waals surface area contributed by atoms with E-state index in [4.69, 9.17) is 9.47 Å². The van der Waals surface area contributed by atoms with E-state index in [1.807, 2.05) is 6.92 Å². The van der Waals surface area contributed by atoms with E-state index < -0.39 is 0 Å². The van der Waals surface area contributed by atoms with E-state index in [1.165, 1.54) is 0 Å². The summed E-state index contributed by atoms with van der Waals surface area (Å²) in [5.74, 6) is -0.146. The Kier molecular flexibility index (Phi) is 5.11. The maximum absolute atomic E-state index is 11.9. The number of carbonyl (C=O) groups is 1. The van der Waals surface area contributed by atoms with Crippen molar-refractivity contribution < 1.29 is 14.3 Å². The van der Waals surface area contributed by atoms with Crippen LogP contribution in [0.3, 0.4) is 0 Å². The Labute approximate surface area is 101 Å². The number of rotatable bonds is 6. The number of nitrogens with one attached hydrogen (secondary N) is 2. The molecule has 1 rings (SSSR count). The molecule has 0 radical (unpaired) electrons. The van der Waals surface area contributed by atoms with E-state index in [1.54, 1.807) is 21.1 Å². The van der Waals surface area contributed by atoms with E-state index in [9.17, 15) is 4.79 Å². The first kappa shape index (κ1) is 13.7. The summed E-state index contributed by atoms with van der Waals surface area (Å²) in [4.78, 5) is 11.9. The zero-order chi connectivity index (χ0) is 12.8. The molecule has 1 atom stereocenters. The molecular weight excluding hydrogens is 222 g/mol. The van der Waals surface area contributed by atoms with Crippen molar-refractivity contribution in [3.63, 3.8) is 0 Å². The molecule has 6 heteroatoms. The molecule has 0 aliphatic carbocycles. The first-order valence-electron chi connectivity index (χ1n) is 5.41. The van der Waals surface area contributed by atoms with Gasteiger partial charge in [0.2, 0.25) is 0 Å². The fourth-order valence-electron chi connectivity index (χ4n) is 1.58. The second kappa shape index (κ2) is 6.36. The van der Waals surface area contributed by atoms with Crippen LogP contribution in [0.25, 0.3) is 0 Å². The molecule has 96 valence electrons. The predicted octanol–water partition coefficient (Wildman–Crippen LogP) is 0.418. The van der Waals surface area contributed by atoms with Crippen LogP contribution in [0.4, 0.5) is 0 Å². The summed E-state index contributed by atoms with van der Waals surface area (Å²) in [6, 6.07) is 0. The summed E-state index contributed by atoms with van der Waals surface area (Å²) in [7, 11) is 3.18. The second-order valence-corrected chi connectivity index (χ2v) is 3.83. The molecule has 0 saturated carbocycles. The van der Waals surface area contributed by atoms with Crippen LogP contribution in [0, 0.1) is 13.8 Å². The fraction of sp³-hybridized carbons (Fsp3) is 0.636. The van der Waals surface area contributed by atoms with Crippen molar-refractivity contribution in [3.05, 3.63) is 17.0 Å². The Morgan fingerprint density at radius 2 is 2.18 bits per heavy atom. The number of hydrogen-bond donors (Lipinski definition) is 2. The first-order valence-corrected chi connectivity index (χ1v) is 5.41. The Hall–Kier alpha value is -1.40. The van der Waals surface area contributed by atoms with Gasteiger partial charge in [-0.3, -0.25) is 9.89 Å². The summed E-state index contributed by atoms with van der Waals surface area (Å²) in [5, 5.41) is 9.56. The van der Waals surface area contributed by atoms with Crippen LogP contribution in [0.2, 0.25) is 0 Å². The topological polar surface area (TPSA) is 76.2 Å². The molecule has 0 fully saturated rings. The van der Waals surface area contributed by atoms with Crippen LogP contribution >= 0.6 is 0 Å². The van der Waals surface area contributed by atoms with Gasteiger partial charge in [-0.2, -0.15) is 5.10 Å². The van der Waals surface area contributed by atoms with Crippen molar-refractivity contribution in [2.75, 3.05) is 27.4 Å². The average Bonchev–Trinajstić information content (AvgIpc) is 2.64. The van der Waals surface area contributed by atoms with E-state index in [2.05, 4.69) is 15.5 Å². The van der Waals surface area contributed by atoms with Crippen molar-refractivity contribution in [2.45, 2.75) is 20.0 Å². The predicted molar refractivity (Wildman–Crippen MR) is 63.1 cm³/mol. The Balaban J connectivity index is 2.55. The summed E-state index contributed by atoms with van der Waals surface area (Å²) < 4.78 is 10.1. The molecule has 0 aliphatic heterocycles. The van der Waals surface area contributed by atoms with Gasteiger partial charge in [0, 0.05) is 26.5 Å². The van der Waals surface area contributed by atoms with Gasteiger partial charge in [0.15, 0.2) is 0 Å². The lowest BCUT2D eigenvalue weighted by Crippen LogP contribution is -2.36. The van der Waals surface area contributed by atoms with Crippen molar-refractivity contribution >= 4 is 5.91 Å². The second-order valence-electron chi connectivity index (χ2n) is 3.83. The number of methoxy groups -OCH3 is 2. The minimum absolute atomic E-state index is 0.142. The average molecular weight is 241 g/mol. The molecule has 1 aromatic heterocycles. The Morgan fingerprint density at radius 1 is 1.47 bits per heavy atom. The molecule has 0 aromatic carbocycles. The van der Waals surface area contributed by atoms with Gasteiger partial charge in [-0.1, -0.05) is 0 Å². The third-order valence-electron chi connectivity index (χ3n) is 2.53. The molecule has 1 unspecified atom stereocenters. The van der Waals surface area contributed by atoms with Gasteiger partial charge in [0.25, 0.3) is 5.91 Å². The van der Waals surface area contributed by atoms with Gasteiger partial charge in [-0.15, -0.1) is 0 Å². The number of hydrogen-bond acceptors (Lipinski definition) is 4. The van der Waals surface area contributed by atoms with Gasteiger partial charge < -0.3 is 14.8 Å².